The predicted octanol–water partition coefficient (Wildman–Crippen LogP) is 3.77. The predicted molar refractivity (Wildman–Crippen MR) is 73.8 cm³/mol. The van der Waals surface area contributed by atoms with Crippen LogP contribution in [-0.4, -0.2) is 10.1 Å². The number of aliphatic hydroxyl groups is 1. The van der Waals surface area contributed by atoms with Crippen molar-refractivity contribution in [3.63, 3.8) is 0 Å². The molecule has 0 fully saturated rings. The van der Waals surface area contributed by atoms with Crippen LogP contribution in [0.4, 0.5) is 4.39 Å². The molecule has 19 heavy (non-hydrogen) atoms. The Bertz CT molecular complexity index is 580. The van der Waals surface area contributed by atoms with Crippen molar-refractivity contribution < 1.29 is 9.50 Å². The molecule has 0 saturated heterocycles. The Hall–Kier alpha value is -1.45. The average Bonchev–Trinajstić information content (AvgIpc) is 2.33. The highest BCUT2D eigenvalue weighted by molar-refractivity contribution is 6.31. The maximum absolute atomic E-state index is 13.3. The highest BCUT2D eigenvalue weighted by Crippen LogP contribution is 2.26. The van der Waals surface area contributed by atoms with Crippen LogP contribution in [0.3, 0.4) is 0 Å². The molecule has 1 unspecified atom stereocenters. The summed E-state index contributed by atoms with van der Waals surface area (Å²) in [7, 11) is 0. The zero-order valence-corrected chi connectivity index (χ0v) is 11.6. The lowest BCUT2D eigenvalue weighted by atomic mass is 10.0. The van der Waals surface area contributed by atoms with E-state index in [-0.39, 0.29) is 11.4 Å². The molecule has 1 heterocycles. The van der Waals surface area contributed by atoms with Crippen LogP contribution in [0.25, 0.3) is 0 Å². The Morgan fingerprint density at radius 1 is 1.26 bits per heavy atom. The van der Waals surface area contributed by atoms with E-state index in [0.717, 1.165) is 17.0 Å². The average molecular weight is 280 g/mol. The van der Waals surface area contributed by atoms with Crippen molar-refractivity contribution in [2.24, 2.45) is 0 Å². The van der Waals surface area contributed by atoms with Gasteiger partial charge in [-0.25, -0.2) is 4.39 Å². The highest BCUT2D eigenvalue weighted by Gasteiger charge is 2.13. The molecule has 0 amide bonds. The van der Waals surface area contributed by atoms with E-state index in [1.807, 2.05) is 26.0 Å². The smallest absolute Gasteiger partial charge is 0.142 e. The van der Waals surface area contributed by atoms with Gasteiger partial charge in [0.2, 0.25) is 0 Å². The van der Waals surface area contributed by atoms with Gasteiger partial charge in [-0.1, -0.05) is 23.7 Å². The van der Waals surface area contributed by atoms with E-state index in [0.29, 0.717) is 5.56 Å². The fraction of sp³-hybridized carbons (Fsp3) is 0.267. The van der Waals surface area contributed by atoms with Gasteiger partial charge < -0.3 is 5.11 Å². The number of rotatable bonds is 3. The minimum absolute atomic E-state index is 0.0732. The van der Waals surface area contributed by atoms with Crippen molar-refractivity contribution in [3.05, 3.63) is 63.7 Å². The molecule has 1 N–H and O–H groups in total. The molecule has 4 heteroatoms. The number of halogens is 2. The number of hydrogen-bond acceptors (Lipinski definition) is 2. The van der Waals surface area contributed by atoms with Crippen LogP contribution in [0.1, 0.15) is 28.6 Å². The summed E-state index contributed by atoms with van der Waals surface area (Å²) in [5, 5.41) is 10.3. The summed E-state index contributed by atoms with van der Waals surface area (Å²) >= 11 is 5.89. The molecule has 2 aromatic rings. The van der Waals surface area contributed by atoms with Crippen molar-refractivity contribution in [2.45, 2.75) is 26.4 Å². The molecule has 0 saturated carbocycles. The largest absolute Gasteiger partial charge is 0.388 e. The quantitative estimate of drug-likeness (QED) is 0.928. The third-order valence-corrected chi connectivity index (χ3v) is 3.36. The van der Waals surface area contributed by atoms with E-state index in [1.54, 1.807) is 12.1 Å². The standard InChI is InChI=1S/C15H15ClFNO/c1-9-6-12(7-10(2)18-9)14(19)8-11-4-3-5-13(17)15(11)16/h3-7,14,19H,8H2,1-2H3. The zero-order valence-electron chi connectivity index (χ0n) is 10.8. The molecule has 2 nitrogen and oxygen atoms in total. The second-order valence-electron chi connectivity index (χ2n) is 4.62. The fourth-order valence-corrected chi connectivity index (χ4v) is 2.29. The van der Waals surface area contributed by atoms with Gasteiger partial charge in [-0.15, -0.1) is 0 Å². The number of aliphatic hydroxyl groups excluding tert-OH is 1. The number of benzene rings is 1. The molecule has 1 atom stereocenters. The van der Waals surface area contributed by atoms with E-state index < -0.39 is 11.9 Å². The van der Waals surface area contributed by atoms with E-state index in [1.165, 1.54) is 6.07 Å². The Morgan fingerprint density at radius 3 is 2.53 bits per heavy atom. The lowest BCUT2D eigenvalue weighted by Gasteiger charge is -2.13. The van der Waals surface area contributed by atoms with Crippen LogP contribution in [0.5, 0.6) is 0 Å². The molecule has 1 aromatic heterocycles. The Kier molecular flexibility index (Phi) is 4.17. The van der Waals surface area contributed by atoms with Gasteiger partial charge in [0, 0.05) is 17.8 Å². The normalized spacial score (nSPS) is 12.5. The number of pyridine rings is 1. The molecular weight excluding hydrogens is 265 g/mol. The van der Waals surface area contributed by atoms with Crippen LogP contribution >= 0.6 is 11.6 Å². The summed E-state index contributed by atoms with van der Waals surface area (Å²) in [4.78, 5) is 4.26. The molecule has 0 aliphatic carbocycles. The topological polar surface area (TPSA) is 33.1 Å². The van der Waals surface area contributed by atoms with Crippen LogP contribution in [0, 0.1) is 19.7 Å². The number of hydrogen-bond donors (Lipinski definition) is 1. The number of nitrogens with zero attached hydrogens (tertiary/aromatic N) is 1. The minimum atomic E-state index is -0.723. The zero-order chi connectivity index (χ0) is 14.0. The van der Waals surface area contributed by atoms with Crippen LogP contribution < -0.4 is 0 Å². The first-order chi connectivity index (χ1) is 8.97. The molecule has 0 bridgehead atoms. The molecule has 0 aliphatic rings. The van der Waals surface area contributed by atoms with E-state index >= 15 is 0 Å². The highest BCUT2D eigenvalue weighted by atomic mass is 35.5. The first-order valence-electron chi connectivity index (χ1n) is 6.03. The maximum atomic E-state index is 13.3. The molecule has 0 spiro atoms. The van der Waals surface area contributed by atoms with Gasteiger partial charge in [0.05, 0.1) is 11.1 Å². The number of aryl methyl sites for hydroxylation is 2. The summed E-state index contributed by atoms with van der Waals surface area (Å²) in [5.41, 5.74) is 3.06. The summed E-state index contributed by atoms with van der Waals surface area (Å²) < 4.78 is 13.3. The third-order valence-electron chi connectivity index (χ3n) is 2.93. The number of aromatic nitrogens is 1. The summed E-state index contributed by atoms with van der Waals surface area (Å²) in [6.45, 7) is 3.75. The van der Waals surface area contributed by atoms with E-state index in [4.69, 9.17) is 11.6 Å². The van der Waals surface area contributed by atoms with Gasteiger partial charge in [0.25, 0.3) is 0 Å². The van der Waals surface area contributed by atoms with E-state index in [2.05, 4.69) is 4.98 Å². The van der Waals surface area contributed by atoms with E-state index in [9.17, 15) is 9.50 Å². The second kappa shape index (κ2) is 5.68. The summed E-state index contributed by atoms with van der Waals surface area (Å²) in [6.07, 6.45) is -0.445. The van der Waals surface area contributed by atoms with Crippen molar-refractivity contribution in [3.8, 4) is 0 Å². The lowest BCUT2D eigenvalue weighted by Crippen LogP contribution is -2.04. The van der Waals surface area contributed by atoms with Gasteiger partial charge in [-0.2, -0.15) is 0 Å². The third kappa shape index (κ3) is 3.31. The molecule has 0 aliphatic heterocycles. The molecular formula is C15H15ClFNO. The van der Waals surface area contributed by atoms with Gasteiger partial charge in [-0.3, -0.25) is 4.98 Å². The Balaban J connectivity index is 2.25. The molecule has 0 radical (unpaired) electrons. The molecule has 1 aromatic carbocycles. The van der Waals surface area contributed by atoms with Crippen LogP contribution in [0.2, 0.25) is 5.02 Å². The second-order valence-corrected chi connectivity index (χ2v) is 4.99. The van der Waals surface area contributed by atoms with Gasteiger partial charge in [0.1, 0.15) is 5.82 Å². The first-order valence-corrected chi connectivity index (χ1v) is 6.41. The van der Waals surface area contributed by atoms with Crippen LogP contribution in [-0.2, 0) is 6.42 Å². The van der Waals surface area contributed by atoms with Crippen LogP contribution in [0.15, 0.2) is 30.3 Å². The summed E-state index contributed by atoms with van der Waals surface area (Å²) in [5.74, 6) is -0.464. The van der Waals surface area contributed by atoms with Gasteiger partial charge in [0.15, 0.2) is 0 Å². The van der Waals surface area contributed by atoms with Gasteiger partial charge >= 0.3 is 0 Å². The van der Waals surface area contributed by atoms with Crippen molar-refractivity contribution in [2.75, 3.05) is 0 Å². The first kappa shape index (κ1) is 14.0. The monoisotopic (exact) mass is 279 g/mol. The summed E-state index contributed by atoms with van der Waals surface area (Å²) in [6, 6.07) is 8.26. The van der Waals surface area contributed by atoms with Crippen molar-refractivity contribution in [1.29, 1.82) is 0 Å². The van der Waals surface area contributed by atoms with Crippen molar-refractivity contribution in [1.82, 2.24) is 4.98 Å². The van der Waals surface area contributed by atoms with Gasteiger partial charge in [-0.05, 0) is 43.2 Å². The fourth-order valence-electron chi connectivity index (χ4n) is 2.09. The molecule has 100 valence electrons. The molecule has 2 rings (SSSR count). The Labute approximate surface area is 116 Å². The van der Waals surface area contributed by atoms with Crippen molar-refractivity contribution >= 4 is 11.6 Å². The Morgan fingerprint density at radius 2 is 1.89 bits per heavy atom. The lowest BCUT2D eigenvalue weighted by molar-refractivity contribution is 0.178. The SMILES string of the molecule is Cc1cc(C(O)Cc2cccc(F)c2Cl)cc(C)n1. The minimum Gasteiger partial charge on any atom is -0.388 e. The maximum Gasteiger partial charge on any atom is 0.142 e.